The summed E-state index contributed by atoms with van der Waals surface area (Å²) in [7, 11) is 0. The van der Waals surface area contributed by atoms with Crippen molar-refractivity contribution in [3.05, 3.63) is 64.1 Å². The molecule has 4 amide bonds. The maximum absolute atomic E-state index is 12.8. The van der Waals surface area contributed by atoms with Gasteiger partial charge < -0.3 is 15.0 Å². The monoisotopic (exact) mass is 507 g/mol. The van der Waals surface area contributed by atoms with Gasteiger partial charge >= 0.3 is 0 Å². The van der Waals surface area contributed by atoms with Gasteiger partial charge in [-0.2, -0.15) is 0 Å². The highest BCUT2D eigenvalue weighted by Crippen LogP contribution is 2.32. The lowest BCUT2D eigenvalue weighted by atomic mass is 10.1. The number of imide groups is 1. The third kappa shape index (κ3) is 6.34. The Bertz CT molecular complexity index is 1200. The van der Waals surface area contributed by atoms with E-state index in [1.54, 1.807) is 35.2 Å². The fourth-order valence-corrected chi connectivity index (χ4v) is 4.87. The first kappa shape index (κ1) is 25.5. The summed E-state index contributed by atoms with van der Waals surface area (Å²) in [6, 6.07) is 12.7. The molecule has 188 valence electrons. The van der Waals surface area contributed by atoms with Crippen LogP contribution in [0.1, 0.15) is 36.0 Å². The molecule has 2 fully saturated rings. The molecule has 0 radical (unpaired) electrons. The van der Waals surface area contributed by atoms with Crippen LogP contribution < -0.4 is 10.1 Å². The maximum Gasteiger partial charge on any atom is 0.294 e. The van der Waals surface area contributed by atoms with Crippen molar-refractivity contribution in [2.24, 2.45) is 0 Å². The van der Waals surface area contributed by atoms with Crippen LogP contribution in [0, 0.1) is 13.8 Å². The normalized spacial score (nSPS) is 17.0. The zero-order valence-corrected chi connectivity index (χ0v) is 21.2. The Morgan fingerprint density at radius 2 is 1.75 bits per heavy atom. The number of benzene rings is 2. The number of aryl methyl sites for hydroxylation is 2. The average molecular weight is 508 g/mol. The highest BCUT2D eigenvalue weighted by Gasteiger charge is 2.37. The molecule has 0 atom stereocenters. The van der Waals surface area contributed by atoms with Crippen LogP contribution in [0.15, 0.2) is 47.4 Å². The minimum absolute atomic E-state index is 0.142. The quantitative estimate of drug-likeness (QED) is 0.559. The topological polar surface area (TPSA) is 96.0 Å². The van der Waals surface area contributed by atoms with Crippen LogP contribution in [0.3, 0.4) is 0 Å². The maximum atomic E-state index is 12.8. The van der Waals surface area contributed by atoms with Gasteiger partial charge in [0.05, 0.1) is 4.91 Å². The van der Waals surface area contributed by atoms with E-state index in [0.29, 0.717) is 24.4 Å². The Labute approximate surface area is 214 Å². The van der Waals surface area contributed by atoms with Gasteiger partial charge in [-0.05, 0) is 85.8 Å². The molecule has 0 bridgehead atoms. The van der Waals surface area contributed by atoms with E-state index in [0.717, 1.165) is 52.7 Å². The van der Waals surface area contributed by atoms with Crippen LogP contribution in [-0.4, -0.2) is 59.0 Å². The Balaban J connectivity index is 1.31. The molecule has 9 heteroatoms. The highest BCUT2D eigenvalue weighted by atomic mass is 32.2. The number of amides is 4. The van der Waals surface area contributed by atoms with Crippen LogP contribution >= 0.6 is 11.8 Å². The third-order valence-corrected chi connectivity index (χ3v) is 7.00. The van der Waals surface area contributed by atoms with Gasteiger partial charge in [-0.15, -0.1) is 0 Å². The molecular formula is C27H29N3O5S. The predicted octanol–water partition coefficient (Wildman–Crippen LogP) is 4.37. The summed E-state index contributed by atoms with van der Waals surface area (Å²) in [6.07, 6.45) is 4.61. The van der Waals surface area contributed by atoms with E-state index in [-0.39, 0.29) is 29.9 Å². The van der Waals surface area contributed by atoms with E-state index >= 15 is 0 Å². The van der Waals surface area contributed by atoms with Gasteiger partial charge in [0.15, 0.2) is 6.61 Å². The van der Waals surface area contributed by atoms with Gasteiger partial charge in [0.25, 0.3) is 17.1 Å². The minimum Gasteiger partial charge on any atom is -0.484 e. The number of hydrogen-bond donors (Lipinski definition) is 1. The zero-order valence-electron chi connectivity index (χ0n) is 20.4. The van der Waals surface area contributed by atoms with Crippen LogP contribution in [0.5, 0.6) is 5.75 Å². The molecule has 0 aliphatic carbocycles. The van der Waals surface area contributed by atoms with Crippen LogP contribution in [-0.2, 0) is 14.4 Å². The van der Waals surface area contributed by atoms with Crippen molar-refractivity contribution in [2.75, 3.05) is 31.6 Å². The summed E-state index contributed by atoms with van der Waals surface area (Å²) in [4.78, 5) is 52.9. The van der Waals surface area contributed by atoms with Crippen molar-refractivity contribution in [3.8, 4) is 5.75 Å². The number of nitrogens with zero attached hydrogens (tertiary/aromatic N) is 2. The second kappa shape index (κ2) is 11.4. The number of nitrogens with one attached hydrogen (secondary N) is 1. The van der Waals surface area contributed by atoms with Gasteiger partial charge in [0, 0.05) is 18.8 Å². The van der Waals surface area contributed by atoms with E-state index in [9.17, 15) is 19.2 Å². The van der Waals surface area contributed by atoms with Gasteiger partial charge in [0.1, 0.15) is 12.3 Å². The summed E-state index contributed by atoms with van der Waals surface area (Å²) in [5.41, 5.74) is 3.48. The number of ether oxygens (including phenoxy) is 1. The van der Waals surface area contributed by atoms with E-state index in [4.69, 9.17) is 4.74 Å². The Morgan fingerprint density at radius 1 is 1.03 bits per heavy atom. The molecule has 1 N–H and O–H groups in total. The molecule has 2 aromatic rings. The summed E-state index contributed by atoms with van der Waals surface area (Å²) in [5, 5.41) is 2.41. The largest absolute Gasteiger partial charge is 0.484 e. The molecule has 2 aromatic carbocycles. The zero-order chi connectivity index (χ0) is 25.7. The van der Waals surface area contributed by atoms with Crippen LogP contribution in [0.25, 0.3) is 6.08 Å². The predicted molar refractivity (Wildman–Crippen MR) is 140 cm³/mol. The van der Waals surface area contributed by atoms with Gasteiger partial charge in [-0.25, -0.2) is 0 Å². The molecule has 2 saturated heterocycles. The van der Waals surface area contributed by atoms with Gasteiger partial charge in [0.2, 0.25) is 5.91 Å². The standard InChI is InChI=1S/C27H29N3O5S/c1-18-6-7-19(2)22(14-18)28-24(31)17-35-21-10-8-20(9-11-21)15-23-26(33)30(27(34)36-23)16-25(32)29-12-4-3-5-13-29/h6-11,14-15H,3-5,12-13,16-17H2,1-2H3,(H,28,31)/b23-15-. The summed E-state index contributed by atoms with van der Waals surface area (Å²) < 4.78 is 5.58. The molecule has 2 heterocycles. The lowest BCUT2D eigenvalue weighted by Crippen LogP contribution is -2.44. The number of carbonyl (C=O) groups is 4. The SMILES string of the molecule is Cc1ccc(C)c(NC(=O)COc2ccc(/C=C3\SC(=O)N(CC(=O)N4CCCCC4)C3=O)cc2)c1. The van der Waals surface area contributed by atoms with E-state index in [1.807, 2.05) is 32.0 Å². The van der Waals surface area contributed by atoms with Gasteiger partial charge in [-0.3, -0.25) is 24.1 Å². The molecule has 2 aliphatic rings. The summed E-state index contributed by atoms with van der Waals surface area (Å²) in [5.74, 6) is -0.413. The van der Waals surface area contributed by atoms with Crippen molar-refractivity contribution < 1.29 is 23.9 Å². The molecule has 0 unspecified atom stereocenters. The smallest absolute Gasteiger partial charge is 0.294 e. The first-order chi connectivity index (χ1) is 17.3. The number of hydrogen-bond acceptors (Lipinski definition) is 6. The minimum atomic E-state index is -0.459. The number of carbonyl (C=O) groups excluding carboxylic acids is 4. The average Bonchev–Trinajstić information content (AvgIpc) is 3.13. The second-order valence-electron chi connectivity index (χ2n) is 8.93. The molecule has 36 heavy (non-hydrogen) atoms. The number of rotatable bonds is 7. The van der Waals surface area contributed by atoms with E-state index in [1.165, 1.54) is 0 Å². The molecule has 0 aromatic heterocycles. The summed E-state index contributed by atoms with van der Waals surface area (Å²) in [6.45, 7) is 4.87. The Kier molecular flexibility index (Phi) is 8.10. The molecule has 8 nitrogen and oxygen atoms in total. The first-order valence-electron chi connectivity index (χ1n) is 11.9. The van der Waals surface area contributed by atoms with Crippen molar-refractivity contribution in [3.63, 3.8) is 0 Å². The van der Waals surface area contributed by atoms with Crippen LogP contribution in [0.2, 0.25) is 0 Å². The molecule has 4 rings (SSSR count). The molecular weight excluding hydrogens is 478 g/mol. The number of anilines is 1. The molecule has 0 saturated carbocycles. The van der Waals surface area contributed by atoms with Crippen molar-refractivity contribution in [2.45, 2.75) is 33.1 Å². The fraction of sp³-hybridized carbons (Fsp3) is 0.333. The first-order valence-corrected chi connectivity index (χ1v) is 12.7. The van der Waals surface area contributed by atoms with Crippen molar-refractivity contribution in [1.82, 2.24) is 9.80 Å². The Hall–Kier alpha value is -3.59. The van der Waals surface area contributed by atoms with Crippen LogP contribution in [0.4, 0.5) is 10.5 Å². The molecule has 0 spiro atoms. The lowest BCUT2D eigenvalue weighted by Gasteiger charge is -2.27. The van der Waals surface area contributed by atoms with Gasteiger partial charge in [-0.1, -0.05) is 24.3 Å². The van der Waals surface area contributed by atoms with E-state index in [2.05, 4.69) is 5.32 Å². The number of thioether (sulfide) groups is 1. The highest BCUT2D eigenvalue weighted by molar-refractivity contribution is 8.18. The Morgan fingerprint density at radius 3 is 2.47 bits per heavy atom. The lowest BCUT2D eigenvalue weighted by molar-refractivity contribution is -0.136. The van der Waals surface area contributed by atoms with Crippen molar-refractivity contribution in [1.29, 1.82) is 0 Å². The number of likely N-dealkylation sites (tertiary alicyclic amines) is 1. The summed E-state index contributed by atoms with van der Waals surface area (Å²) >= 11 is 0.830. The third-order valence-electron chi connectivity index (χ3n) is 6.09. The fourth-order valence-electron chi connectivity index (χ4n) is 4.03. The van der Waals surface area contributed by atoms with E-state index < -0.39 is 11.1 Å². The second-order valence-corrected chi connectivity index (χ2v) is 9.93. The number of piperidine rings is 1. The van der Waals surface area contributed by atoms with Crippen molar-refractivity contribution >= 4 is 46.5 Å². The molecule has 2 aliphatic heterocycles.